The number of rotatable bonds is 3. The summed E-state index contributed by atoms with van der Waals surface area (Å²) < 4.78 is 0. The molecule has 0 spiro atoms. The maximum absolute atomic E-state index is 3.73. The second-order valence-corrected chi connectivity index (χ2v) is 6.10. The standard InChI is InChI=1S/C17H27N/c1-5-15-11-17(9-7-13(15)3)18-16-8-6-12(2)14(4)10-16/h7,9,11-12,14,16,18H,5-6,8,10H2,1-4H3. The van der Waals surface area contributed by atoms with E-state index in [1.807, 2.05) is 0 Å². The molecule has 1 aromatic rings. The molecule has 0 saturated heterocycles. The average Bonchev–Trinajstić information content (AvgIpc) is 2.36. The van der Waals surface area contributed by atoms with Crippen LogP contribution in [0.15, 0.2) is 18.2 Å². The molecule has 1 aliphatic rings. The Balaban J connectivity index is 2.01. The Morgan fingerprint density at radius 3 is 2.61 bits per heavy atom. The Bertz CT molecular complexity index is 397. The van der Waals surface area contributed by atoms with E-state index >= 15 is 0 Å². The van der Waals surface area contributed by atoms with Crippen LogP contribution in [0.5, 0.6) is 0 Å². The molecule has 0 radical (unpaired) electrons. The fraction of sp³-hybridized carbons (Fsp3) is 0.647. The summed E-state index contributed by atoms with van der Waals surface area (Å²) in [6, 6.07) is 7.48. The summed E-state index contributed by atoms with van der Waals surface area (Å²) in [5.74, 6) is 1.75. The number of aryl methyl sites for hydroxylation is 2. The molecule has 0 aliphatic heterocycles. The Morgan fingerprint density at radius 1 is 1.17 bits per heavy atom. The molecule has 1 aromatic carbocycles. The van der Waals surface area contributed by atoms with Gasteiger partial charge in [0.25, 0.3) is 0 Å². The molecule has 1 nitrogen and oxygen atoms in total. The summed E-state index contributed by atoms with van der Waals surface area (Å²) in [5, 5.41) is 3.73. The largest absolute Gasteiger partial charge is 0.382 e. The maximum Gasteiger partial charge on any atom is 0.0345 e. The summed E-state index contributed by atoms with van der Waals surface area (Å²) in [6.45, 7) is 9.22. The summed E-state index contributed by atoms with van der Waals surface area (Å²) in [7, 11) is 0. The van der Waals surface area contributed by atoms with Gasteiger partial charge in [-0.25, -0.2) is 0 Å². The highest BCUT2D eigenvalue weighted by atomic mass is 14.9. The van der Waals surface area contributed by atoms with Gasteiger partial charge in [0.1, 0.15) is 0 Å². The van der Waals surface area contributed by atoms with E-state index in [9.17, 15) is 0 Å². The molecule has 18 heavy (non-hydrogen) atoms. The van der Waals surface area contributed by atoms with E-state index in [0.717, 1.165) is 18.3 Å². The zero-order valence-corrected chi connectivity index (χ0v) is 12.3. The van der Waals surface area contributed by atoms with Crippen molar-refractivity contribution in [3.63, 3.8) is 0 Å². The van der Waals surface area contributed by atoms with E-state index < -0.39 is 0 Å². The SMILES string of the molecule is CCc1cc(NC2CCC(C)C(C)C2)ccc1C. The quantitative estimate of drug-likeness (QED) is 0.807. The first-order valence-electron chi connectivity index (χ1n) is 7.46. The van der Waals surface area contributed by atoms with Crippen molar-refractivity contribution in [3.8, 4) is 0 Å². The number of anilines is 1. The molecule has 1 aliphatic carbocycles. The first kappa shape index (κ1) is 13.5. The Morgan fingerprint density at radius 2 is 1.94 bits per heavy atom. The third-order valence-electron chi connectivity index (χ3n) is 4.70. The van der Waals surface area contributed by atoms with Crippen molar-refractivity contribution in [1.82, 2.24) is 0 Å². The van der Waals surface area contributed by atoms with Crippen LogP contribution in [0.25, 0.3) is 0 Å². The number of hydrogen-bond donors (Lipinski definition) is 1. The van der Waals surface area contributed by atoms with Gasteiger partial charge in [0.05, 0.1) is 0 Å². The van der Waals surface area contributed by atoms with Crippen LogP contribution in [-0.2, 0) is 6.42 Å². The fourth-order valence-electron chi connectivity index (χ4n) is 3.06. The van der Waals surface area contributed by atoms with E-state index in [2.05, 4.69) is 51.2 Å². The van der Waals surface area contributed by atoms with Crippen LogP contribution < -0.4 is 5.32 Å². The molecule has 1 saturated carbocycles. The predicted octanol–water partition coefficient (Wildman–Crippen LogP) is 4.79. The van der Waals surface area contributed by atoms with Crippen LogP contribution >= 0.6 is 0 Å². The Labute approximate surface area is 112 Å². The van der Waals surface area contributed by atoms with Crippen LogP contribution in [-0.4, -0.2) is 6.04 Å². The normalized spacial score (nSPS) is 28.1. The minimum atomic E-state index is 0.670. The molecule has 1 fully saturated rings. The molecule has 0 amide bonds. The second kappa shape index (κ2) is 5.77. The number of nitrogens with one attached hydrogen (secondary N) is 1. The van der Waals surface area contributed by atoms with Gasteiger partial charge in [-0.1, -0.05) is 26.8 Å². The van der Waals surface area contributed by atoms with Crippen LogP contribution in [0.1, 0.15) is 51.2 Å². The summed E-state index contributed by atoms with van der Waals surface area (Å²) in [6.07, 6.45) is 5.13. The van der Waals surface area contributed by atoms with Gasteiger partial charge in [-0.3, -0.25) is 0 Å². The molecule has 1 heteroatoms. The van der Waals surface area contributed by atoms with Crippen LogP contribution in [0.3, 0.4) is 0 Å². The summed E-state index contributed by atoms with van der Waals surface area (Å²) in [5.41, 5.74) is 4.19. The summed E-state index contributed by atoms with van der Waals surface area (Å²) in [4.78, 5) is 0. The first-order chi connectivity index (χ1) is 8.60. The molecule has 1 N–H and O–H groups in total. The molecule has 100 valence electrons. The minimum Gasteiger partial charge on any atom is -0.382 e. The van der Waals surface area contributed by atoms with Gasteiger partial charge in [0, 0.05) is 11.7 Å². The first-order valence-corrected chi connectivity index (χ1v) is 7.46. The lowest BCUT2D eigenvalue weighted by Crippen LogP contribution is -2.30. The molecule has 0 bridgehead atoms. The highest BCUT2D eigenvalue weighted by molar-refractivity contribution is 5.49. The van der Waals surface area contributed by atoms with Gasteiger partial charge in [-0.05, 0) is 67.7 Å². The predicted molar refractivity (Wildman–Crippen MR) is 80.1 cm³/mol. The number of hydrogen-bond acceptors (Lipinski definition) is 1. The van der Waals surface area contributed by atoms with E-state index in [1.165, 1.54) is 36.1 Å². The van der Waals surface area contributed by atoms with E-state index in [4.69, 9.17) is 0 Å². The highest BCUT2D eigenvalue weighted by Gasteiger charge is 2.24. The molecular weight excluding hydrogens is 218 g/mol. The topological polar surface area (TPSA) is 12.0 Å². The fourth-order valence-corrected chi connectivity index (χ4v) is 3.06. The Kier molecular flexibility index (Phi) is 4.31. The van der Waals surface area contributed by atoms with Crippen molar-refractivity contribution in [2.75, 3.05) is 5.32 Å². The van der Waals surface area contributed by atoms with Crippen LogP contribution in [0, 0.1) is 18.8 Å². The van der Waals surface area contributed by atoms with Crippen molar-refractivity contribution in [1.29, 1.82) is 0 Å². The van der Waals surface area contributed by atoms with Gasteiger partial charge >= 0.3 is 0 Å². The zero-order valence-electron chi connectivity index (χ0n) is 12.3. The lowest BCUT2D eigenvalue weighted by atomic mass is 9.79. The maximum atomic E-state index is 3.73. The summed E-state index contributed by atoms with van der Waals surface area (Å²) >= 11 is 0. The molecule has 0 heterocycles. The van der Waals surface area contributed by atoms with Crippen molar-refractivity contribution in [3.05, 3.63) is 29.3 Å². The average molecular weight is 245 g/mol. The van der Waals surface area contributed by atoms with Gasteiger partial charge in [-0.2, -0.15) is 0 Å². The second-order valence-electron chi connectivity index (χ2n) is 6.10. The van der Waals surface area contributed by atoms with Crippen molar-refractivity contribution in [2.24, 2.45) is 11.8 Å². The molecule has 3 unspecified atom stereocenters. The molecule has 0 aromatic heterocycles. The van der Waals surface area contributed by atoms with Gasteiger partial charge in [-0.15, -0.1) is 0 Å². The minimum absolute atomic E-state index is 0.670. The molecule has 3 atom stereocenters. The van der Waals surface area contributed by atoms with Crippen molar-refractivity contribution >= 4 is 5.69 Å². The Hall–Kier alpha value is -0.980. The third-order valence-corrected chi connectivity index (χ3v) is 4.70. The van der Waals surface area contributed by atoms with Crippen molar-refractivity contribution in [2.45, 2.75) is 59.4 Å². The van der Waals surface area contributed by atoms with Crippen molar-refractivity contribution < 1.29 is 0 Å². The smallest absolute Gasteiger partial charge is 0.0345 e. The van der Waals surface area contributed by atoms with Gasteiger partial charge in [0.15, 0.2) is 0 Å². The highest BCUT2D eigenvalue weighted by Crippen LogP contribution is 2.31. The number of benzene rings is 1. The van der Waals surface area contributed by atoms with Gasteiger partial charge in [0.2, 0.25) is 0 Å². The van der Waals surface area contributed by atoms with Gasteiger partial charge < -0.3 is 5.32 Å². The van der Waals surface area contributed by atoms with E-state index in [-0.39, 0.29) is 0 Å². The third kappa shape index (κ3) is 3.07. The lowest BCUT2D eigenvalue weighted by molar-refractivity contribution is 0.261. The van der Waals surface area contributed by atoms with Crippen LogP contribution in [0.4, 0.5) is 5.69 Å². The lowest BCUT2D eigenvalue weighted by Gasteiger charge is -2.33. The van der Waals surface area contributed by atoms with E-state index in [0.29, 0.717) is 6.04 Å². The zero-order chi connectivity index (χ0) is 13.1. The monoisotopic (exact) mass is 245 g/mol. The van der Waals surface area contributed by atoms with E-state index in [1.54, 1.807) is 0 Å². The molecule has 2 rings (SSSR count). The molecular formula is C17H27N. The van der Waals surface area contributed by atoms with Crippen LogP contribution in [0.2, 0.25) is 0 Å².